The molecule has 0 aromatic rings. The van der Waals surface area contributed by atoms with E-state index >= 15 is 0 Å². The quantitative estimate of drug-likeness (QED) is 0.604. The maximum Gasteiger partial charge on any atom is 0.0814 e. The van der Waals surface area contributed by atoms with Gasteiger partial charge >= 0.3 is 0 Å². The summed E-state index contributed by atoms with van der Waals surface area (Å²) in [5, 5.41) is 9.44. The molecule has 0 amide bonds. The molecule has 2 atom stereocenters. The molecule has 0 aliphatic heterocycles. The van der Waals surface area contributed by atoms with Crippen LogP contribution in [0, 0.1) is 5.92 Å². The van der Waals surface area contributed by atoms with Crippen molar-refractivity contribution in [2.45, 2.75) is 20.0 Å². The fourth-order valence-corrected chi connectivity index (χ4v) is 0.977. The smallest absolute Gasteiger partial charge is 0.0814 e. The Hall–Kier alpha value is 0.170. The second-order valence-corrected chi connectivity index (χ2v) is 3.02. The second kappa shape index (κ2) is 4.91. The highest BCUT2D eigenvalue weighted by atomic mass is 127. The maximum absolute atomic E-state index is 9.44. The second-order valence-electron chi connectivity index (χ2n) is 2.39. The molecule has 0 aromatic heterocycles. The lowest BCUT2D eigenvalue weighted by molar-refractivity contribution is 0.174. The number of rotatable bonds is 3. The summed E-state index contributed by atoms with van der Waals surface area (Å²) in [7, 11) is 0. The van der Waals surface area contributed by atoms with Gasteiger partial charge in [0.25, 0.3) is 0 Å². The van der Waals surface area contributed by atoms with Crippen LogP contribution in [-0.4, -0.2) is 11.2 Å². The van der Waals surface area contributed by atoms with Crippen molar-refractivity contribution in [1.29, 1.82) is 0 Å². The lowest BCUT2D eigenvalue weighted by Gasteiger charge is -2.14. The summed E-state index contributed by atoms with van der Waals surface area (Å²) in [6.07, 6.45) is 1.39. The molecule has 1 N–H and O–H groups in total. The van der Waals surface area contributed by atoms with Gasteiger partial charge in [0.1, 0.15) is 0 Å². The summed E-state index contributed by atoms with van der Waals surface area (Å²) in [6.45, 7) is 7.47. The predicted octanol–water partition coefficient (Wildman–Crippen LogP) is 2.51. The van der Waals surface area contributed by atoms with E-state index in [-0.39, 0.29) is 12.0 Å². The standard InChI is InChI=1S/C8H13IO/c1-4-6(2)8(10)7(3)5-9/h4-6,8,10H,1H2,2-3H3/b7-5+. The molecular weight excluding hydrogens is 239 g/mol. The van der Waals surface area contributed by atoms with Gasteiger partial charge in [0, 0.05) is 5.92 Å². The zero-order chi connectivity index (χ0) is 8.15. The molecule has 0 heterocycles. The SMILES string of the molecule is C=CC(C)C(O)/C(C)=C/I. The number of aliphatic hydroxyl groups is 1. The van der Waals surface area contributed by atoms with E-state index in [1.165, 1.54) is 0 Å². The molecule has 10 heavy (non-hydrogen) atoms. The fourth-order valence-electron chi connectivity index (χ4n) is 0.608. The van der Waals surface area contributed by atoms with Crippen molar-refractivity contribution in [2.24, 2.45) is 5.92 Å². The summed E-state index contributed by atoms with van der Waals surface area (Å²) in [4.78, 5) is 0. The molecule has 0 aromatic carbocycles. The van der Waals surface area contributed by atoms with E-state index in [4.69, 9.17) is 0 Å². The van der Waals surface area contributed by atoms with E-state index in [2.05, 4.69) is 29.2 Å². The van der Waals surface area contributed by atoms with Gasteiger partial charge in [0.2, 0.25) is 0 Å². The normalized spacial score (nSPS) is 18.2. The van der Waals surface area contributed by atoms with Gasteiger partial charge < -0.3 is 5.11 Å². The third-order valence-electron chi connectivity index (χ3n) is 1.51. The molecule has 0 aliphatic rings. The first kappa shape index (κ1) is 10.2. The third-order valence-corrected chi connectivity index (χ3v) is 2.49. The van der Waals surface area contributed by atoms with Crippen molar-refractivity contribution in [1.82, 2.24) is 0 Å². The van der Waals surface area contributed by atoms with Crippen LogP contribution in [0.3, 0.4) is 0 Å². The molecule has 0 radical (unpaired) electrons. The topological polar surface area (TPSA) is 20.2 Å². The first-order valence-electron chi connectivity index (χ1n) is 3.21. The molecule has 1 nitrogen and oxygen atoms in total. The Bertz CT molecular complexity index is 140. The van der Waals surface area contributed by atoms with Gasteiger partial charge in [-0.3, -0.25) is 0 Å². The highest BCUT2D eigenvalue weighted by Gasteiger charge is 2.11. The van der Waals surface area contributed by atoms with Crippen LogP contribution in [0.2, 0.25) is 0 Å². The van der Waals surface area contributed by atoms with Crippen LogP contribution in [0.4, 0.5) is 0 Å². The monoisotopic (exact) mass is 252 g/mol. The summed E-state index contributed by atoms with van der Waals surface area (Å²) in [6, 6.07) is 0. The van der Waals surface area contributed by atoms with E-state index in [1.807, 2.05) is 17.9 Å². The van der Waals surface area contributed by atoms with Crippen molar-refractivity contribution >= 4 is 22.6 Å². The molecule has 0 fully saturated rings. The van der Waals surface area contributed by atoms with Crippen LogP contribution in [0.5, 0.6) is 0 Å². The summed E-state index contributed by atoms with van der Waals surface area (Å²) < 4.78 is 1.89. The number of aliphatic hydroxyl groups excluding tert-OH is 1. The molecule has 0 aliphatic carbocycles. The number of hydrogen-bond donors (Lipinski definition) is 1. The van der Waals surface area contributed by atoms with E-state index in [9.17, 15) is 5.11 Å². The average molecular weight is 252 g/mol. The lowest BCUT2D eigenvalue weighted by Crippen LogP contribution is -2.16. The summed E-state index contributed by atoms with van der Waals surface area (Å²) in [5.41, 5.74) is 0.994. The molecule has 0 spiro atoms. The minimum absolute atomic E-state index is 0.144. The molecule has 0 saturated carbocycles. The number of hydrogen-bond acceptors (Lipinski definition) is 1. The molecule has 0 saturated heterocycles. The summed E-state index contributed by atoms with van der Waals surface area (Å²) in [5.74, 6) is 0.144. The van der Waals surface area contributed by atoms with Crippen LogP contribution in [0.1, 0.15) is 13.8 Å². The summed E-state index contributed by atoms with van der Waals surface area (Å²) >= 11 is 2.12. The molecular formula is C8H13IO. The Kier molecular flexibility index (Phi) is 4.99. The largest absolute Gasteiger partial charge is 0.388 e. The molecule has 2 unspecified atom stereocenters. The Morgan fingerprint density at radius 2 is 2.20 bits per heavy atom. The van der Waals surface area contributed by atoms with Gasteiger partial charge in [0.05, 0.1) is 6.10 Å². The fraction of sp³-hybridized carbons (Fsp3) is 0.500. The molecule has 0 rings (SSSR count). The Balaban J connectivity index is 4.06. The van der Waals surface area contributed by atoms with Gasteiger partial charge in [-0.25, -0.2) is 0 Å². The van der Waals surface area contributed by atoms with Crippen LogP contribution in [0.25, 0.3) is 0 Å². The van der Waals surface area contributed by atoms with Crippen LogP contribution in [-0.2, 0) is 0 Å². The van der Waals surface area contributed by atoms with Crippen LogP contribution in [0.15, 0.2) is 22.3 Å². The maximum atomic E-state index is 9.44. The first-order valence-corrected chi connectivity index (χ1v) is 4.45. The Morgan fingerprint density at radius 3 is 2.50 bits per heavy atom. The van der Waals surface area contributed by atoms with Gasteiger partial charge in [-0.1, -0.05) is 35.6 Å². The van der Waals surface area contributed by atoms with Crippen LogP contribution >= 0.6 is 22.6 Å². The Morgan fingerprint density at radius 1 is 1.70 bits per heavy atom. The van der Waals surface area contributed by atoms with Crippen molar-refractivity contribution in [2.75, 3.05) is 0 Å². The molecule has 58 valence electrons. The highest BCUT2D eigenvalue weighted by Crippen LogP contribution is 2.13. The van der Waals surface area contributed by atoms with Crippen molar-refractivity contribution in [3.8, 4) is 0 Å². The minimum Gasteiger partial charge on any atom is -0.388 e. The van der Waals surface area contributed by atoms with Crippen molar-refractivity contribution in [3.05, 3.63) is 22.3 Å². The van der Waals surface area contributed by atoms with Gasteiger partial charge in [-0.2, -0.15) is 0 Å². The lowest BCUT2D eigenvalue weighted by atomic mass is 10.0. The minimum atomic E-state index is -0.366. The van der Waals surface area contributed by atoms with Gasteiger partial charge in [-0.15, -0.1) is 6.58 Å². The van der Waals surface area contributed by atoms with E-state index in [0.717, 1.165) is 5.57 Å². The molecule has 2 heteroatoms. The number of halogens is 1. The Labute approximate surface area is 76.0 Å². The first-order chi connectivity index (χ1) is 4.63. The van der Waals surface area contributed by atoms with Gasteiger partial charge in [-0.05, 0) is 16.6 Å². The highest BCUT2D eigenvalue weighted by molar-refractivity contribution is 14.1. The zero-order valence-corrected chi connectivity index (χ0v) is 8.50. The van der Waals surface area contributed by atoms with E-state index < -0.39 is 0 Å². The zero-order valence-electron chi connectivity index (χ0n) is 6.34. The van der Waals surface area contributed by atoms with Gasteiger partial charge in [0.15, 0.2) is 0 Å². The van der Waals surface area contributed by atoms with Crippen molar-refractivity contribution in [3.63, 3.8) is 0 Å². The average Bonchev–Trinajstić information content (AvgIpc) is 2.00. The van der Waals surface area contributed by atoms with Crippen molar-refractivity contribution < 1.29 is 5.11 Å². The molecule has 0 bridgehead atoms. The van der Waals surface area contributed by atoms with E-state index in [0.29, 0.717) is 0 Å². The third kappa shape index (κ3) is 2.84. The van der Waals surface area contributed by atoms with Crippen LogP contribution < -0.4 is 0 Å². The predicted molar refractivity (Wildman–Crippen MR) is 53.1 cm³/mol. The van der Waals surface area contributed by atoms with E-state index in [1.54, 1.807) is 6.08 Å².